The molecule has 1 aromatic carbocycles. The minimum Gasteiger partial charge on any atom is -0.497 e. The van der Waals surface area contributed by atoms with Crippen LogP contribution in [0.2, 0.25) is 5.15 Å². The monoisotopic (exact) mass is 369 g/mol. The van der Waals surface area contributed by atoms with Gasteiger partial charge in [-0.05, 0) is 36.4 Å². The lowest BCUT2D eigenvalue weighted by molar-refractivity contribution is -0.130. The highest BCUT2D eigenvalue weighted by molar-refractivity contribution is 6.30. The molecule has 2 aromatic heterocycles. The third-order valence-corrected chi connectivity index (χ3v) is 4.70. The first-order chi connectivity index (χ1) is 12.6. The Morgan fingerprint density at radius 3 is 2.88 bits per heavy atom. The summed E-state index contributed by atoms with van der Waals surface area (Å²) in [7, 11) is 1.61. The molecule has 7 heteroatoms. The van der Waals surface area contributed by atoms with E-state index in [4.69, 9.17) is 20.8 Å². The number of carbonyl (C=O) groups is 1. The molecule has 0 spiro atoms. The maximum Gasteiger partial charge on any atom is 0.240 e. The Kier molecular flexibility index (Phi) is 4.12. The molecule has 0 radical (unpaired) electrons. The minimum atomic E-state index is -0.330. The number of benzene rings is 1. The van der Waals surface area contributed by atoms with Crippen LogP contribution in [-0.4, -0.2) is 28.7 Å². The van der Waals surface area contributed by atoms with Crippen LogP contribution in [0.25, 0.3) is 10.9 Å². The quantitative estimate of drug-likeness (QED) is 0.649. The number of hydrogen-bond donors (Lipinski definition) is 0. The Balaban J connectivity index is 1.78. The largest absolute Gasteiger partial charge is 0.497 e. The number of methoxy groups -OCH3 is 1. The molecule has 0 bridgehead atoms. The maximum absolute atomic E-state index is 12.1. The number of amides is 1. The highest BCUT2D eigenvalue weighted by atomic mass is 35.5. The summed E-state index contributed by atoms with van der Waals surface area (Å²) >= 11 is 6.44. The lowest BCUT2D eigenvalue weighted by Gasteiger charge is -2.21. The van der Waals surface area contributed by atoms with Gasteiger partial charge in [-0.15, -0.1) is 0 Å². The Hall–Kier alpha value is -2.86. The molecule has 3 heterocycles. The van der Waals surface area contributed by atoms with Crippen molar-refractivity contribution >= 4 is 34.1 Å². The number of ether oxygens (including phenoxy) is 1. The average Bonchev–Trinajstić information content (AvgIpc) is 3.30. The second-order valence-electron chi connectivity index (χ2n) is 6.03. The summed E-state index contributed by atoms with van der Waals surface area (Å²) in [4.78, 5) is 16.6. The Bertz CT molecular complexity index is 1010. The number of hydrazone groups is 1. The molecule has 6 nitrogen and oxygen atoms in total. The van der Waals surface area contributed by atoms with Gasteiger partial charge in [0.25, 0.3) is 0 Å². The van der Waals surface area contributed by atoms with E-state index in [0.717, 1.165) is 22.2 Å². The second kappa shape index (κ2) is 6.46. The van der Waals surface area contributed by atoms with E-state index >= 15 is 0 Å². The van der Waals surface area contributed by atoms with Gasteiger partial charge in [-0.3, -0.25) is 4.79 Å². The molecule has 1 aliphatic heterocycles. The van der Waals surface area contributed by atoms with Gasteiger partial charge in [-0.1, -0.05) is 11.6 Å². The van der Waals surface area contributed by atoms with Crippen LogP contribution in [0.15, 0.2) is 52.2 Å². The summed E-state index contributed by atoms with van der Waals surface area (Å²) in [6.07, 6.45) is 2.09. The summed E-state index contributed by atoms with van der Waals surface area (Å²) in [5.74, 6) is 1.21. The van der Waals surface area contributed by atoms with Gasteiger partial charge in [-0.25, -0.2) is 9.99 Å². The average molecular weight is 370 g/mol. The molecule has 0 N–H and O–H groups in total. The van der Waals surface area contributed by atoms with Gasteiger partial charge in [0.15, 0.2) is 0 Å². The molecule has 1 unspecified atom stereocenters. The molecular weight excluding hydrogens is 354 g/mol. The molecule has 1 atom stereocenters. The van der Waals surface area contributed by atoms with E-state index in [1.165, 1.54) is 11.9 Å². The lowest BCUT2D eigenvalue weighted by atomic mass is 10.0. The molecule has 1 amide bonds. The number of halogens is 1. The van der Waals surface area contributed by atoms with Crippen LogP contribution in [0.3, 0.4) is 0 Å². The number of aromatic nitrogens is 1. The fourth-order valence-electron chi connectivity index (χ4n) is 3.14. The van der Waals surface area contributed by atoms with Gasteiger partial charge < -0.3 is 9.15 Å². The zero-order valence-corrected chi connectivity index (χ0v) is 15.0. The fourth-order valence-corrected chi connectivity index (χ4v) is 3.41. The summed E-state index contributed by atoms with van der Waals surface area (Å²) < 4.78 is 10.7. The maximum atomic E-state index is 12.1. The van der Waals surface area contributed by atoms with E-state index in [-0.39, 0.29) is 11.9 Å². The molecule has 0 saturated carbocycles. The normalized spacial score (nSPS) is 16.8. The Morgan fingerprint density at radius 1 is 1.35 bits per heavy atom. The number of pyridine rings is 1. The first-order valence-corrected chi connectivity index (χ1v) is 8.50. The number of furan rings is 1. The number of nitrogens with zero attached hydrogens (tertiary/aromatic N) is 3. The van der Waals surface area contributed by atoms with Gasteiger partial charge in [0, 0.05) is 24.3 Å². The van der Waals surface area contributed by atoms with Gasteiger partial charge in [0.1, 0.15) is 22.4 Å². The zero-order valence-electron chi connectivity index (χ0n) is 14.3. The van der Waals surface area contributed by atoms with Gasteiger partial charge in [-0.2, -0.15) is 5.10 Å². The van der Waals surface area contributed by atoms with Crippen molar-refractivity contribution in [3.05, 3.63) is 59.1 Å². The first-order valence-electron chi connectivity index (χ1n) is 8.12. The summed E-state index contributed by atoms with van der Waals surface area (Å²) in [6, 6.07) is 10.8. The summed E-state index contributed by atoms with van der Waals surface area (Å²) in [5.41, 5.74) is 2.21. The number of hydrogen-bond acceptors (Lipinski definition) is 5. The van der Waals surface area contributed by atoms with Crippen molar-refractivity contribution in [2.75, 3.05) is 7.11 Å². The van der Waals surface area contributed by atoms with E-state index in [2.05, 4.69) is 10.1 Å². The van der Waals surface area contributed by atoms with Crippen molar-refractivity contribution in [2.24, 2.45) is 5.10 Å². The van der Waals surface area contributed by atoms with E-state index in [9.17, 15) is 4.79 Å². The number of fused-ring (bicyclic) bond motifs is 1. The van der Waals surface area contributed by atoms with Crippen LogP contribution in [0.5, 0.6) is 5.75 Å². The summed E-state index contributed by atoms with van der Waals surface area (Å²) in [6.45, 7) is 1.48. The van der Waals surface area contributed by atoms with Crippen LogP contribution in [0.4, 0.5) is 0 Å². The molecular formula is C19H16ClN3O3. The summed E-state index contributed by atoms with van der Waals surface area (Å²) in [5, 5.41) is 7.12. The predicted molar refractivity (Wildman–Crippen MR) is 98.4 cm³/mol. The van der Waals surface area contributed by atoms with Crippen LogP contribution >= 0.6 is 11.6 Å². The minimum absolute atomic E-state index is 0.168. The molecule has 0 saturated heterocycles. The van der Waals surface area contributed by atoms with E-state index < -0.39 is 0 Å². The van der Waals surface area contributed by atoms with Gasteiger partial charge >= 0.3 is 0 Å². The van der Waals surface area contributed by atoms with Crippen molar-refractivity contribution in [3.8, 4) is 5.75 Å². The van der Waals surface area contributed by atoms with Crippen molar-refractivity contribution in [3.63, 3.8) is 0 Å². The van der Waals surface area contributed by atoms with Crippen LogP contribution in [0, 0.1) is 0 Å². The van der Waals surface area contributed by atoms with Crippen molar-refractivity contribution < 1.29 is 13.9 Å². The Labute approximate surface area is 155 Å². The predicted octanol–water partition coefficient (Wildman–Crippen LogP) is 4.19. The molecule has 132 valence electrons. The van der Waals surface area contributed by atoms with Crippen molar-refractivity contribution in [1.29, 1.82) is 0 Å². The third-order valence-electron chi connectivity index (χ3n) is 4.40. The Morgan fingerprint density at radius 2 is 2.19 bits per heavy atom. The molecule has 1 aliphatic rings. The highest BCUT2D eigenvalue weighted by Crippen LogP contribution is 2.37. The van der Waals surface area contributed by atoms with E-state index in [0.29, 0.717) is 23.0 Å². The van der Waals surface area contributed by atoms with Crippen molar-refractivity contribution in [2.45, 2.75) is 19.4 Å². The molecule has 0 aliphatic carbocycles. The van der Waals surface area contributed by atoms with E-state index in [1.807, 2.05) is 30.3 Å². The highest BCUT2D eigenvalue weighted by Gasteiger charge is 2.34. The number of carbonyl (C=O) groups excluding carboxylic acids is 1. The molecule has 3 aromatic rings. The van der Waals surface area contributed by atoms with Crippen molar-refractivity contribution in [1.82, 2.24) is 9.99 Å². The second-order valence-corrected chi connectivity index (χ2v) is 6.39. The molecule has 26 heavy (non-hydrogen) atoms. The van der Waals surface area contributed by atoms with Crippen LogP contribution < -0.4 is 4.74 Å². The fraction of sp³-hybridized carbons (Fsp3) is 0.211. The van der Waals surface area contributed by atoms with Gasteiger partial charge in [0.05, 0.1) is 24.9 Å². The lowest BCUT2D eigenvalue weighted by Crippen LogP contribution is -2.24. The van der Waals surface area contributed by atoms with Crippen LogP contribution in [-0.2, 0) is 4.79 Å². The molecule has 0 fully saturated rings. The number of rotatable bonds is 3. The SMILES string of the molecule is COc1ccc2nc(Cl)c(C3CC(c4ccco4)=NN3C(C)=O)cc2c1. The van der Waals surface area contributed by atoms with Crippen LogP contribution in [0.1, 0.15) is 30.7 Å². The third kappa shape index (κ3) is 2.82. The van der Waals surface area contributed by atoms with Gasteiger partial charge in [0.2, 0.25) is 5.91 Å². The smallest absolute Gasteiger partial charge is 0.240 e. The topological polar surface area (TPSA) is 67.9 Å². The molecule has 4 rings (SSSR count). The first kappa shape index (κ1) is 16.6. The standard InChI is InChI=1S/C19H16ClN3O3/c1-11(24)23-17(10-16(22-23)18-4-3-7-26-18)14-9-12-8-13(25-2)5-6-15(12)21-19(14)20/h3-9,17H,10H2,1-2H3. The van der Waals surface area contributed by atoms with E-state index in [1.54, 1.807) is 19.4 Å². The zero-order chi connectivity index (χ0) is 18.3.